The highest BCUT2D eigenvalue weighted by atomic mass is 32.1. The lowest BCUT2D eigenvalue weighted by atomic mass is 9.84. The molecule has 0 aliphatic carbocycles. The lowest BCUT2D eigenvalue weighted by molar-refractivity contribution is -0.147. The van der Waals surface area contributed by atoms with Crippen molar-refractivity contribution in [1.82, 2.24) is 4.90 Å². The van der Waals surface area contributed by atoms with Crippen LogP contribution in [-0.2, 0) is 9.53 Å². The lowest BCUT2D eigenvalue weighted by Gasteiger charge is -2.47. The fraction of sp³-hybridized carbons (Fsp3) is 0.556. The van der Waals surface area contributed by atoms with Gasteiger partial charge in [-0.1, -0.05) is 0 Å². The zero-order valence-corrected chi connectivity index (χ0v) is 15.1. The molecule has 0 unspecified atom stereocenters. The molecule has 6 heteroatoms. The smallest absolute Gasteiger partial charge is 0.223 e. The summed E-state index contributed by atoms with van der Waals surface area (Å²) in [4.78, 5) is 14.2. The van der Waals surface area contributed by atoms with Gasteiger partial charge in [0.2, 0.25) is 5.91 Å². The van der Waals surface area contributed by atoms with E-state index in [9.17, 15) is 9.90 Å². The molecule has 2 atom stereocenters. The number of fused-ring (bicyclic) bond motifs is 1. The highest BCUT2D eigenvalue weighted by Crippen LogP contribution is 2.44. The van der Waals surface area contributed by atoms with Crippen molar-refractivity contribution >= 4 is 23.2 Å². The molecule has 2 aliphatic rings. The molecule has 5 nitrogen and oxygen atoms in total. The van der Waals surface area contributed by atoms with E-state index < -0.39 is 17.7 Å². The Bertz CT molecular complexity index is 673. The third-order valence-electron chi connectivity index (χ3n) is 4.83. The van der Waals surface area contributed by atoms with E-state index in [2.05, 4.69) is 0 Å². The lowest BCUT2D eigenvalue weighted by Crippen LogP contribution is -2.55. The zero-order valence-electron chi connectivity index (χ0n) is 14.2. The Labute approximate surface area is 147 Å². The minimum absolute atomic E-state index is 0.0775. The van der Waals surface area contributed by atoms with Crippen molar-refractivity contribution in [3.63, 3.8) is 0 Å². The first kappa shape index (κ1) is 17.2. The highest BCUT2D eigenvalue weighted by molar-refractivity contribution is 7.80. The van der Waals surface area contributed by atoms with E-state index in [1.807, 2.05) is 32.0 Å². The van der Waals surface area contributed by atoms with Gasteiger partial charge < -0.3 is 19.5 Å². The predicted molar refractivity (Wildman–Crippen MR) is 94.2 cm³/mol. The maximum atomic E-state index is 12.5. The number of carbonyl (C=O) groups excluding carboxylic acids is 1. The molecule has 0 bridgehead atoms. The summed E-state index contributed by atoms with van der Waals surface area (Å²) in [5.74, 6) is 0.755. The Balaban J connectivity index is 2.09. The number of methoxy groups -OCH3 is 1. The minimum atomic E-state index is -0.821. The van der Waals surface area contributed by atoms with Gasteiger partial charge in [0.1, 0.15) is 17.5 Å². The molecule has 0 aromatic heterocycles. The average Bonchev–Trinajstić information content (AvgIpc) is 2.56. The van der Waals surface area contributed by atoms with Crippen LogP contribution in [0.4, 0.5) is 0 Å². The number of benzene rings is 1. The van der Waals surface area contributed by atoms with Crippen LogP contribution in [0.25, 0.3) is 0 Å². The number of hydrogen-bond acceptors (Lipinski definition) is 5. The van der Waals surface area contributed by atoms with Gasteiger partial charge >= 0.3 is 0 Å². The second-order valence-corrected chi connectivity index (χ2v) is 7.25. The van der Waals surface area contributed by atoms with Crippen LogP contribution in [0.5, 0.6) is 5.75 Å². The van der Waals surface area contributed by atoms with E-state index in [-0.39, 0.29) is 5.91 Å². The molecule has 24 heavy (non-hydrogen) atoms. The Morgan fingerprint density at radius 2 is 2.17 bits per heavy atom. The molecule has 1 amide bonds. The quantitative estimate of drug-likeness (QED) is 0.832. The van der Waals surface area contributed by atoms with Crippen LogP contribution in [0.3, 0.4) is 0 Å². The molecule has 3 rings (SSSR count). The fourth-order valence-electron chi connectivity index (χ4n) is 3.47. The molecule has 0 radical (unpaired) electrons. The summed E-state index contributed by atoms with van der Waals surface area (Å²) in [5, 5.41) is 11.3. The van der Waals surface area contributed by atoms with E-state index in [4.69, 9.17) is 21.7 Å². The standard InChI is InChI=1S/C18H23NO4S/c1-18(2)16(21)15(19-9-5-4-6-14(19)20)12-10-11(17(24)22-3)7-8-13(12)23-18/h7-8,10,15-16,21H,4-6,9H2,1-3H3/t15-,16+/m0/s1. The maximum absolute atomic E-state index is 12.5. The minimum Gasteiger partial charge on any atom is -0.486 e. The first-order valence-electron chi connectivity index (χ1n) is 8.24. The van der Waals surface area contributed by atoms with Crippen LogP contribution < -0.4 is 4.74 Å². The molecule has 0 spiro atoms. The van der Waals surface area contributed by atoms with E-state index in [1.165, 1.54) is 7.11 Å². The van der Waals surface area contributed by atoms with Gasteiger partial charge in [-0.25, -0.2) is 0 Å². The van der Waals surface area contributed by atoms with Crippen molar-refractivity contribution in [2.24, 2.45) is 0 Å². The Hall–Kier alpha value is -1.66. The molecule has 2 heterocycles. The van der Waals surface area contributed by atoms with Gasteiger partial charge in [0.25, 0.3) is 0 Å². The normalized spacial score (nSPS) is 25.7. The van der Waals surface area contributed by atoms with Crippen LogP contribution in [0, 0.1) is 0 Å². The van der Waals surface area contributed by atoms with Gasteiger partial charge in [-0.2, -0.15) is 0 Å². The Kier molecular flexibility index (Phi) is 4.53. The molecular weight excluding hydrogens is 326 g/mol. The third kappa shape index (κ3) is 2.89. The second kappa shape index (κ2) is 6.33. The molecule has 2 aliphatic heterocycles. The molecule has 1 fully saturated rings. The number of thiocarbonyl (C=S) groups is 1. The monoisotopic (exact) mass is 349 g/mol. The number of aliphatic hydroxyl groups excluding tert-OH is 1. The van der Waals surface area contributed by atoms with Gasteiger partial charge in [0.05, 0.1) is 13.2 Å². The average molecular weight is 349 g/mol. The summed E-state index contributed by atoms with van der Waals surface area (Å²) in [5.41, 5.74) is 0.753. The molecule has 1 aromatic carbocycles. The summed E-state index contributed by atoms with van der Waals surface area (Å²) in [6.45, 7) is 4.33. The van der Waals surface area contributed by atoms with Gasteiger partial charge in [-0.05, 0) is 57.1 Å². The van der Waals surface area contributed by atoms with E-state index in [0.29, 0.717) is 23.8 Å². The Morgan fingerprint density at radius 3 is 2.83 bits per heavy atom. The van der Waals surface area contributed by atoms with E-state index in [0.717, 1.165) is 24.0 Å². The number of amides is 1. The maximum Gasteiger partial charge on any atom is 0.223 e. The van der Waals surface area contributed by atoms with Crippen LogP contribution in [0.1, 0.15) is 50.3 Å². The van der Waals surface area contributed by atoms with Crippen molar-refractivity contribution < 1.29 is 19.4 Å². The molecule has 1 saturated heterocycles. The largest absolute Gasteiger partial charge is 0.486 e. The topological polar surface area (TPSA) is 59.0 Å². The van der Waals surface area contributed by atoms with Crippen molar-refractivity contribution in [3.8, 4) is 5.75 Å². The van der Waals surface area contributed by atoms with Gasteiger partial charge in [-0.15, -0.1) is 0 Å². The number of carbonyl (C=O) groups is 1. The number of piperidine rings is 1. The number of ether oxygens (including phenoxy) is 2. The molecule has 130 valence electrons. The third-order valence-corrected chi connectivity index (χ3v) is 5.23. The van der Waals surface area contributed by atoms with Crippen LogP contribution in [0.15, 0.2) is 18.2 Å². The summed E-state index contributed by atoms with van der Waals surface area (Å²) in [6, 6.07) is 5.11. The van der Waals surface area contributed by atoms with Crippen LogP contribution in [0.2, 0.25) is 0 Å². The Morgan fingerprint density at radius 1 is 1.42 bits per heavy atom. The number of nitrogens with zero attached hydrogens (tertiary/aromatic N) is 1. The summed E-state index contributed by atoms with van der Waals surface area (Å²) in [6.07, 6.45) is 1.55. The van der Waals surface area contributed by atoms with Crippen molar-refractivity contribution in [2.45, 2.75) is 50.9 Å². The molecule has 0 saturated carbocycles. The SMILES string of the molecule is COC(=S)c1ccc2c(c1)[C@H](N1CCCCC1=O)[C@@H](O)C(C)(C)O2. The van der Waals surface area contributed by atoms with E-state index >= 15 is 0 Å². The van der Waals surface area contributed by atoms with Crippen molar-refractivity contribution in [3.05, 3.63) is 29.3 Å². The van der Waals surface area contributed by atoms with Gasteiger partial charge in [-0.3, -0.25) is 4.79 Å². The van der Waals surface area contributed by atoms with E-state index in [1.54, 1.807) is 4.90 Å². The molecule has 1 N–H and O–H groups in total. The number of rotatable bonds is 2. The van der Waals surface area contributed by atoms with Crippen molar-refractivity contribution in [1.29, 1.82) is 0 Å². The first-order chi connectivity index (χ1) is 11.3. The summed E-state index contributed by atoms with van der Waals surface area (Å²) >= 11 is 5.21. The zero-order chi connectivity index (χ0) is 17.5. The van der Waals surface area contributed by atoms with Crippen LogP contribution >= 0.6 is 12.2 Å². The highest BCUT2D eigenvalue weighted by Gasteiger charge is 2.47. The van der Waals surface area contributed by atoms with Gasteiger partial charge in [0.15, 0.2) is 5.05 Å². The number of likely N-dealkylation sites (tertiary alicyclic amines) is 1. The fourth-order valence-corrected chi connectivity index (χ4v) is 3.60. The number of hydrogen-bond donors (Lipinski definition) is 1. The predicted octanol–water partition coefficient (Wildman–Crippen LogP) is 2.59. The molecule has 1 aromatic rings. The summed E-state index contributed by atoms with van der Waals surface area (Å²) in [7, 11) is 1.53. The van der Waals surface area contributed by atoms with Crippen molar-refractivity contribution in [2.75, 3.05) is 13.7 Å². The second-order valence-electron chi connectivity index (χ2n) is 6.88. The first-order valence-corrected chi connectivity index (χ1v) is 8.65. The van der Waals surface area contributed by atoms with Gasteiger partial charge in [0, 0.05) is 24.1 Å². The molecular formula is C18H23NO4S. The number of aliphatic hydroxyl groups is 1. The van der Waals surface area contributed by atoms with Crippen LogP contribution in [-0.4, -0.2) is 46.3 Å². The summed E-state index contributed by atoms with van der Waals surface area (Å²) < 4.78 is 11.1.